The van der Waals surface area contributed by atoms with Crippen molar-refractivity contribution in [2.45, 2.75) is 13.8 Å². The van der Waals surface area contributed by atoms with Crippen molar-refractivity contribution in [3.8, 4) is 0 Å². The van der Waals surface area contributed by atoms with Gasteiger partial charge in [0.05, 0.1) is 5.52 Å². The van der Waals surface area contributed by atoms with E-state index in [0.717, 1.165) is 10.9 Å². The van der Waals surface area contributed by atoms with Crippen molar-refractivity contribution >= 4 is 40.1 Å². The van der Waals surface area contributed by atoms with Gasteiger partial charge in [-0.2, -0.15) is 0 Å². The quantitative estimate of drug-likeness (QED) is 0.800. The van der Waals surface area contributed by atoms with Crippen LogP contribution in [-0.4, -0.2) is 16.1 Å². The first-order valence-electron chi connectivity index (χ1n) is 4.91. The van der Waals surface area contributed by atoms with Crippen LogP contribution in [0.5, 0.6) is 0 Å². The molecule has 0 saturated heterocycles. The maximum atomic E-state index is 11.1. The molecule has 0 atom stereocenters. The Balaban J connectivity index is 2.96. The monoisotopic (exact) mass is 269 g/mol. The zero-order valence-corrected chi connectivity index (χ0v) is 10.7. The molecule has 2 rings (SSSR count). The summed E-state index contributed by atoms with van der Waals surface area (Å²) in [4.78, 5) is 15.2. The molecule has 2 aromatic rings. The number of halogens is 2. The fourth-order valence-corrected chi connectivity index (χ4v) is 2.27. The molecule has 0 saturated carbocycles. The molecule has 0 fully saturated rings. The molecule has 0 aliphatic carbocycles. The number of aryl methyl sites for hydroxylation is 2. The van der Waals surface area contributed by atoms with E-state index in [-0.39, 0.29) is 10.7 Å². The van der Waals surface area contributed by atoms with Gasteiger partial charge in [-0.25, -0.2) is 9.78 Å². The summed E-state index contributed by atoms with van der Waals surface area (Å²) in [5, 5.41) is 10.4. The standard InChI is InChI=1S/C12H9Cl2NO2/c1-5-7-3-4-8(13)6(2)10(7)15-11(14)9(5)12(16)17/h3-4H,1-2H3,(H,16,17). The van der Waals surface area contributed by atoms with Gasteiger partial charge in [-0.05, 0) is 31.0 Å². The number of aromatic carboxylic acids is 1. The molecule has 0 aliphatic rings. The van der Waals surface area contributed by atoms with Gasteiger partial charge in [-0.1, -0.05) is 29.3 Å². The van der Waals surface area contributed by atoms with Crippen molar-refractivity contribution in [1.29, 1.82) is 0 Å². The number of fused-ring (bicyclic) bond motifs is 1. The number of carbonyl (C=O) groups is 1. The van der Waals surface area contributed by atoms with Gasteiger partial charge in [0.2, 0.25) is 0 Å². The molecule has 1 N–H and O–H groups in total. The summed E-state index contributed by atoms with van der Waals surface area (Å²) < 4.78 is 0. The van der Waals surface area contributed by atoms with Crippen LogP contribution >= 0.6 is 23.2 Å². The van der Waals surface area contributed by atoms with Gasteiger partial charge in [0.25, 0.3) is 0 Å². The van der Waals surface area contributed by atoms with E-state index in [9.17, 15) is 4.79 Å². The molecular weight excluding hydrogens is 261 g/mol. The first-order chi connectivity index (χ1) is 7.93. The molecule has 3 nitrogen and oxygen atoms in total. The molecule has 0 unspecified atom stereocenters. The normalized spacial score (nSPS) is 10.8. The Morgan fingerprint density at radius 3 is 2.47 bits per heavy atom. The summed E-state index contributed by atoms with van der Waals surface area (Å²) in [6.07, 6.45) is 0. The summed E-state index contributed by atoms with van der Waals surface area (Å²) in [7, 11) is 0. The minimum atomic E-state index is -1.07. The summed E-state index contributed by atoms with van der Waals surface area (Å²) in [5.41, 5.74) is 2.09. The maximum absolute atomic E-state index is 11.1. The van der Waals surface area contributed by atoms with Crippen LogP contribution in [0.2, 0.25) is 10.2 Å². The number of carboxylic acid groups (broad SMARTS) is 1. The van der Waals surface area contributed by atoms with Crippen LogP contribution in [0.15, 0.2) is 12.1 Å². The van der Waals surface area contributed by atoms with Crippen LogP contribution in [0.25, 0.3) is 10.9 Å². The second kappa shape index (κ2) is 4.17. The number of carboxylic acids is 1. The lowest BCUT2D eigenvalue weighted by Gasteiger charge is -2.10. The Labute approximate surface area is 108 Å². The Bertz CT molecular complexity index is 638. The van der Waals surface area contributed by atoms with Crippen LogP contribution in [0, 0.1) is 13.8 Å². The van der Waals surface area contributed by atoms with E-state index in [2.05, 4.69) is 4.98 Å². The molecule has 17 heavy (non-hydrogen) atoms. The zero-order chi connectivity index (χ0) is 12.7. The van der Waals surface area contributed by atoms with E-state index in [1.165, 1.54) is 0 Å². The van der Waals surface area contributed by atoms with E-state index >= 15 is 0 Å². The average molecular weight is 270 g/mol. The molecule has 0 aliphatic heterocycles. The Hall–Kier alpha value is -1.32. The van der Waals surface area contributed by atoms with Crippen LogP contribution in [0.1, 0.15) is 21.5 Å². The zero-order valence-electron chi connectivity index (χ0n) is 9.21. The first-order valence-corrected chi connectivity index (χ1v) is 5.67. The summed E-state index contributed by atoms with van der Waals surface area (Å²) >= 11 is 11.9. The second-order valence-corrected chi connectivity index (χ2v) is 4.54. The lowest BCUT2D eigenvalue weighted by molar-refractivity contribution is 0.0696. The molecule has 1 aromatic carbocycles. The minimum absolute atomic E-state index is 0.00660. The highest BCUT2D eigenvalue weighted by Crippen LogP contribution is 2.30. The van der Waals surface area contributed by atoms with Crippen molar-refractivity contribution in [2.75, 3.05) is 0 Å². The fraction of sp³-hybridized carbons (Fsp3) is 0.167. The van der Waals surface area contributed by atoms with Crippen molar-refractivity contribution in [3.63, 3.8) is 0 Å². The van der Waals surface area contributed by atoms with E-state index in [1.54, 1.807) is 19.1 Å². The average Bonchev–Trinajstić information content (AvgIpc) is 2.23. The highest BCUT2D eigenvalue weighted by Gasteiger charge is 2.18. The van der Waals surface area contributed by atoms with Gasteiger partial charge in [0, 0.05) is 10.4 Å². The molecular formula is C12H9Cl2NO2. The number of nitrogens with zero attached hydrogens (tertiary/aromatic N) is 1. The van der Waals surface area contributed by atoms with E-state index in [4.69, 9.17) is 28.3 Å². The van der Waals surface area contributed by atoms with Gasteiger partial charge < -0.3 is 5.11 Å². The van der Waals surface area contributed by atoms with Crippen molar-refractivity contribution in [3.05, 3.63) is 39.0 Å². The Morgan fingerprint density at radius 2 is 1.88 bits per heavy atom. The third-order valence-electron chi connectivity index (χ3n) is 2.77. The van der Waals surface area contributed by atoms with Gasteiger partial charge in [-0.3, -0.25) is 0 Å². The van der Waals surface area contributed by atoms with E-state index in [1.807, 2.05) is 6.92 Å². The maximum Gasteiger partial charge on any atom is 0.339 e. The highest BCUT2D eigenvalue weighted by atomic mass is 35.5. The number of hydrogen-bond acceptors (Lipinski definition) is 2. The van der Waals surface area contributed by atoms with Gasteiger partial charge in [-0.15, -0.1) is 0 Å². The third-order valence-corrected chi connectivity index (χ3v) is 3.46. The number of benzene rings is 1. The molecule has 1 heterocycles. The highest BCUT2D eigenvalue weighted by molar-refractivity contribution is 6.34. The third kappa shape index (κ3) is 1.85. The van der Waals surface area contributed by atoms with Crippen LogP contribution in [-0.2, 0) is 0 Å². The minimum Gasteiger partial charge on any atom is -0.478 e. The Kier molecular flexibility index (Phi) is 2.98. The van der Waals surface area contributed by atoms with Crippen LogP contribution in [0.3, 0.4) is 0 Å². The number of hydrogen-bond donors (Lipinski definition) is 1. The number of aromatic nitrogens is 1. The van der Waals surface area contributed by atoms with Crippen LogP contribution in [0.4, 0.5) is 0 Å². The summed E-state index contributed by atoms with van der Waals surface area (Å²) in [6.45, 7) is 3.54. The number of rotatable bonds is 1. The number of pyridine rings is 1. The van der Waals surface area contributed by atoms with Crippen molar-refractivity contribution < 1.29 is 9.90 Å². The van der Waals surface area contributed by atoms with E-state index < -0.39 is 5.97 Å². The SMILES string of the molecule is Cc1c(C(=O)O)c(Cl)nc2c(C)c(Cl)ccc12. The van der Waals surface area contributed by atoms with E-state index in [0.29, 0.717) is 16.1 Å². The lowest BCUT2D eigenvalue weighted by Crippen LogP contribution is -2.04. The van der Waals surface area contributed by atoms with Gasteiger partial charge >= 0.3 is 5.97 Å². The molecule has 1 aromatic heterocycles. The summed E-state index contributed by atoms with van der Waals surface area (Å²) in [5.74, 6) is -1.07. The predicted octanol–water partition coefficient (Wildman–Crippen LogP) is 3.86. The Morgan fingerprint density at radius 1 is 1.24 bits per heavy atom. The largest absolute Gasteiger partial charge is 0.478 e. The molecule has 88 valence electrons. The molecule has 0 bridgehead atoms. The van der Waals surface area contributed by atoms with Gasteiger partial charge in [0.1, 0.15) is 10.7 Å². The molecule has 0 spiro atoms. The lowest BCUT2D eigenvalue weighted by atomic mass is 10.0. The fourth-order valence-electron chi connectivity index (χ4n) is 1.81. The first kappa shape index (κ1) is 12.1. The van der Waals surface area contributed by atoms with Crippen LogP contribution < -0.4 is 0 Å². The molecule has 5 heteroatoms. The van der Waals surface area contributed by atoms with Crippen molar-refractivity contribution in [1.82, 2.24) is 4.98 Å². The van der Waals surface area contributed by atoms with Gasteiger partial charge in [0.15, 0.2) is 0 Å². The summed E-state index contributed by atoms with van der Waals surface area (Å²) in [6, 6.07) is 3.49. The second-order valence-electron chi connectivity index (χ2n) is 3.78. The topological polar surface area (TPSA) is 50.2 Å². The molecule has 0 amide bonds. The van der Waals surface area contributed by atoms with Crippen molar-refractivity contribution in [2.24, 2.45) is 0 Å². The predicted molar refractivity (Wildman–Crippen MR) is 68.2 cm³/mol. The smallest absolute Gasteiger partial charge is 0.339 e. The molecule has 0 radical (unpaired) electrons.